The number of hydrogen-bond acceptors (Lipinski definition) is 4. The second kappa shape index (κ2) is 5.55. The zero-order chi connectivity index (χ0) is 12.9. The number of benzene rings is 1. The fraction of sp³-hybridized carbons (Fsp3) is 0.462. The third-order valence-corrected chi connectivity index (χ3v) is 2.72. The highest BCUT2D eigenvalue weighted by Gasteiger charge is 2.18. The Bertz CT molecular complexity index is 409. The average molecular weight is 233 g/mol. The molecule has 1 aromatic carbocycles. The highest BCUT2D eigenvalue weighted by atomic mass is 16.5. The van der Waals surface area contributed by atoms with Gasteiger partial charge in [0, 0.05) is 13.6 Å². The first-order valence-corrected chi connectivity index (χ1v) is 5.54. The van der Waals surface area contributed by atoms with E-state index in [1.54, 1.807) is 14.0 Å². The van der Waals surface area contributed by atoms with Crippen LogP contribution >= 0.6 is 0 Å². The van der Waals surface area contributed by atoms with E-state index in [1.807, 2.05) is 36.2 Å². The van der Waals surface area contributed by atoms with Gasteiger partial charge in [0.1, 0.15) is 11.3 Å². The summed E-state index contributed by atoms with van der Waals surface area (Å²) in [6.45, 7) is 2.45. The summed E-state index contributed by atoms with van der Waals surface area (Å²) in [4.78, 5) is 2.04. The van der Waals surface area contributed by atoms with Crippen molar-refractivity contribution in [3.63, 3.8) is 0 Å². The van der Waals surface area contributed by atoms with E-state index in [-0.39, 0.29) is 0 Å². The molecule has 17 heavy (non-hydrogen) atoms. The third-order valence-electron chi connectivity index (χ3n) is 2.72. The van der Waals surface area contributed by atoms with Crippen LogP contribution in [-0.4, -0.2) is 26.2 Å². The fourth-order valence-electron chi connectivity index (χ4n) is 1.52. The van der Waals surface area contributed by atoms with Crippen LogP contribution in [0.25, 0.3) is 0 Å². The van der Waals surface area contributed by atoms with E-state index in [9.17, 15) is 0 Å². The first-order chi connectivity index (χ1) is 8.00. The number of hydrogen-bond donors (Lipinski definition) is 1. The molecule has 92 valence electrons. The zero-order valence-corrected chi connectivity index (χ0v) is 10.6. The molecule has 0 saturated heterocycles. The van der Waals surface area contributed by atoms with Crippen molar-refractivity contribution in [2.75, 3.05) is 25.6 Å². The van der Waals surface area contributed by atoms with Gasteiger partial charge >= 0.3 is 0 Å². The summed E-state index contributed by atoms with van der Waals surface area (Å²) < 4.78 is 5.29. The van der Waals surface area contributed by atoms with Crippen molar-refractivity contribution in [2.24, 2.45) is 5.73 Å². The Balaban J connectivity index is 2.71. The Morgan fingerprint density at radius 1 is 1.47 bits per heavy atom. The maximum Gasteiger partial charge on any atom is 0.142 e. The molecule has 0 spiro atoms. The van der Waals surface area contributed by atoms with Gasteiger partial charge in [0.2, 0.25) is 0 Å². The van der Waals surface area contributed by atoms with Crippen molar-refractivity contribution in [3.8, 4) is 11.8 Å². The minimum atomic E-state index is -0.781. The number of para-hydroxylation sites is 2. The van der Waals surface area contributed by atoms with Gasteiger partial charge in [-0.05, 0) is 25.5 Å². The van der Waals surface area contributed by atoms with Crippen molar-refractivity contribution < 1.29 is 4.74 Å². The topological polar surface area (TPSA) is 62.3 Å². The first kappa shape index (κ1) is 13.3. The van der Waals surface area contributed by atoms with Crippen LogP contribution in [0.1, 0.15) is 13.3 Å². The number of anilines is 1. The van der Waals surface area contributed by atoms with Gasteiger partial charge in [-0.15, -0.1) is 0 Å². The molecule has 2 N–H and O–H groups in total. The quantitative estimate of drug-likeness (QED) is 0.841. The van der Waals surface area contributed by atoms with Gasteiger partial charge in [-0.3, -0.25) is 0 Å². The highest BCUT2D eigenvalue weighted by Crippen LogP contribution is 2.26. The van der Waals surface area contributed by atoms with Gasteiger partial charge in [-0.25, -0.2) is 0 Å². The molecule has 0 amide bonds. The molecule has 0 radical (unpaired) electrons. The normalized spacial score (nSPS) is 13.6. The standard InChI is InChI=1S/C13H19N3O/c1-13(15,10-14)8-9-16(2)11-6-4-5-7-12(11)17-3/h4-7H,8-9,15H2,1-3H3. The van der Waals surface area contributed by atoms with Crippen molar-refractivity contribution in [2.45, 2.75) is 18.9 Å². The second-order valence-corrected chi connectivity index (χ2v) is 4.37. The van der Waals surface area contributed by atoms with Crippen LogP contribution in [0.2, 0.25) is 0 Å². The number of nitrogens with two attached hydrogens (primary N) is 1. The number of nitrogens with zero attached hydrogens (tertiary/aromatic N) is 2. The van der Waals surface area contributed by atoms with Gasteiger partial charge in [-0.1, -0.05) is 12.1 Å². The molecule has 1 aromatic rings. The monoisotopic (exact) mass is 233 g/mol. The van der Waals surface area contributed by atoms with Crippen molar-refractivity contribution in [1.29, 1.82) is 5.26 Å². The molecule has 0 heterocycles. The van der Waals surface area contributed by atoms with Crippen LogP contribution in [0.15, 0.2) is 24.3 Å². The maximum atomic E-state index is 8.86. The van der Waals surface area contributed by atoms with Crippen molar-refractivity contribution >= 4 is 5.69 Å². The smallest absolute Gasteiger partial charge is 0.142 e. The molecule has 0 aliphatic heterocycles. The zero-order valence-electron chi connectivity index (χ0n) is 10.6. The Kier molecular flexibility index (Phi) is 4.36. The predicted octanol–water partition coefficient (Wildman–Crippen LogP) is 1.76. The molecule has 1 unspecified atom stereocenters. The number of nitriles is 1. The molecule has 0 aromatic heterocycles. The fourth-order valence-corrected chi connectivity index (χ4v) is 1.52. The molecule has 4 heteroatoms. The number of ether oxygens (including phenoxy) is 1. The molecule has 0 fully saturated rings. The second-order valence-electron chi connectivity index (χ2n) is 4.37. The summed E-state index contributed by atoms with van der Waals surface area (Å²) >= 11 is 0. The highest BCUT2D eigenvalue weighted by molar-refractivity contribution is 5.57. The van der Waals surface area contributed by atoms with Gasteiger partial charge in [0.25, 0.3) is 0 Å². The number of methoxy groups -OCH3 is 1. The summed E-state index contributed by atoms with van der Waals surface area (Å²) in [6, 6.07) is 9.88. The SMILES string of the molecule is COc1ccccc1N(C)CCC(C)(N)C#N. The Hall–Kier alpha value is -1.73. The van der Waals surface area contributed by atoms with Crippen LogP contribution in [0.3, 0.4) is 0 Å². The summed E-state index contributed by atoms with van der Waals surface area (Å²) in [5, 5.41) is 8.86. The lowest BCUT2D eigenvalue weighted by molar-refractivity contribution is 0.414. The summed E-state index contributed by atoms with van der Waals surface area (Å²) in [6.07, 6.45) is 0.609. The lowest BCUT2D eigenvalue weighted by Gasteiger charge is -2.24. The molecular formula is C13H19N3O. The lowest BCUT2D eigenvalue weighted by atomic mass is 10.0. The van der Waals surface area contributed by atoms with Gasteiger partial charge in [0.15, 0.2) is 0 Å². The van der Waals surface area contributed by atoms with E-state index in [0.717, 1.165) is 11.4 Å². The molecule has 0 saturated carbocycles. The van der Waals surface area contributed by atoms with Crippen LogP contribution in [0.4, 0.5) is 5.69 Å². The molecular weight excluding hydrogens is 214 g/mol. The van der Waals surface area contributed by atoms with Crippen molar-refractivity contribution in [1.82, 2.24) is 0 Å². The van der Waals surface area contributed by atoms with E-state index in [1.165, 1.54) is 0 Å². The van der Waals surface area contributed by atoms with E-state index in [0.29, 0.717) is 13.0 Å². The lowest BCUT2D eigenvalue weighted by Crippen LogP contribution is -2.38. The summed E-state index contributed by atoms with van der Waals surface area (Å²) in [5.41, 5.74) is 6.02. The van der Waals surface area contributed by atoms with Gasteiger partial charge in [0.05, 0.1) is 18.9 Å². The molecule has 0 bridgehead atoms. The Labute approximate surface area is 103 Å². The van der Waals surface area contributed by atoms with E-state index >= 15 is 0 Å². The van der Waals surface area contributed by atoms with Crippen LogP contribution in [-0.2, 0) is 0 Å². The molecule has 0 aliphatic carbocycles. The maximum absolute atomic E-state index is 8.86. The average Bonchev–Trinajstić information content (AvgIpc) is 2.36. The third kappa shape index (κ3) is 3.65. The van der Waals surface area contributed by atoms with Crippen LogP contribution in [0.5, 0.6) is 5.75 Å². The number of rotatable bonds is 5. The van der Waals surface area contributed by atoms with Crippen LogP contribution < -0.4 is 15.4 Å². The van der Waals surface area contributed by atoms with E-state index < -0.39 is 5.54 Å². The summed E-state index contributed by atoms with van der Waals surface area (Å²) in [7, 11) is 3.61. The summed E-state index contributed by atoms with van der Waals surface area (Å²) in [5.74, 6) is 0.825. The first-order valence-electron chi connectivity index (χ1n) is 5.54. The van der Waals surface area contributed by atoms with Crippen molar-refractivity contribution in [3.05, 3.63) is 24.3 Å². The predicted molar refractivity (Wildman–Crippen MR) is 69.1 cm³/mol. The van der Waals surface area contributed by atoms with E-state index in [4.69, 9.17) is 15.7 Å². The van der Waals surface area contributed by atoms with Crippen LogP contribution in [0, 0.1) is 11.3 Å². The van der Waals surface area contributed by atoms with Gasteiger partial charge in [-0.2, -0.15) is 5.26 Å². The Morgan fingerprint density at radius 3 is 2.71 bits per heavy atom. The minimum absolute atomic E-state index is 0.609. The van der Waals surface area contributed by atoms with E-state index in [2.05, 4.69) is 6.07 Å². The largest absolute Gasteiger partial charge is 0.495 e. The van der Waals surface area contributed by atoms with Gasteiger partial charge < -0.3 is 15.4 Å². The Morgan fingerprint density at radius 2 is 2.12 bits per heavy atom. The minimum Gasteiger partial charge on any atom is -0.495 e. The molecule has 1 atom stereocenters. The molecule has 4 nitrogen and oxygen atoms in total. The molecule has 0 aliphatic rings. The molecule has 1 rings (SSSR count).